The molecule has 0 aliphatic rings. The van der Waals surface area contributed by atoms with Crippen molar-refractivity contribution >= 4 is 21.0 Å². The third kappa shape index (κ3) is 15.2. The molecule has 0 heterocycles. The van der Waals surface area contributed by atoms with E-state index in [0.29, 0.717) is 0 Å². The molecular formula is C28H53N2P. The van der Waals surface area contributed by atoms with Crippen LogP contribution in [0.1, 0.15) is 91.3 Å². The van der Waals surface area contributed by atoms with Gasteiger partial charge in [0, 0.05) is 13.3 Å². The van der Waals surface area contributed by atoms with Crippen molar-refractivity contribution in [3.05, 3.63) is 52.1 Å². The molecule has 2 nitrogen and oxygen atoms in total. The highest BCUT2D eigenvalue weighted by Crippen LogP contribution is 2.30. The van der Waals surface area contributed by atoms with Gasteiger partial charge in [0.15, 0.2) is 0 Å². The second kappa shape index (κ2) is 23.4. The molecule has 3 heteroatoms. The highest BCUT2D eigenvalue weighted by atomic mass is 31.0. The number of unbranched alkanes of at least 4 members (excludes halogenated alkanes) is 1. The molecule has 1 atom stereocenters. The molecule has 0 aliphatic heterocycles. The maximum absolute atomic E-state index is 4.19. The number of allylic oxidation sites excluding steroid dienone is 4. The lowest BCUT2D eigenvalue weighted by atomic mass is 9.89. The number of hydrogen-bond donors (Lipinski definition) is 1. The monoisotopic (exact) mass is 448 g/mol. The van der Waals surface area contributed by atoms with Crippen molar-refractivity contribution in [1.29, 1.82) is 0 Å². The van der Waals surface area contributed by atoms with Crippen LogP contribution >= 0.6 is 9.24 Å². The van der Waals surface area contributed by atoms with Crippen molar-refractivity contribution in [2.45, 2.75) is 88.5 Å². The number of aliphatic imine (C=N–C) groups is 1. The lowest BCUT2D eigenvalue weighted by molar-refractivity contribution is 0.635. The van der Waals surface area contributed by atoms with E-state index in [0.717, 1.165) is 6.42 Å². The first-order valence-electron chi connectivity index (χ1n) is 11.7. The minimum Gasteiger partial charge on any atom is -0.317 e. The molecule has 0 aromatic heterocycles. The Morgan fingerprint density at radius 2 is 1.71 bits per heavy atom. The highest BCUT2D eigenvalue weighted by Gasteiger charge is 2.11. The van der Waals surface area contributed by atoms with Gasteiger partial charge in [0.1, 0.15) is 0 Å². The number of rotatable bonds is 10. The van der Waals surface area contributed by atoms with Crippen molar-refractivity contribution < 1.29 is 0 Å². The van der Waals surface area contributed by atoms with Gasteiger partial charge in [-0.1, -0.05) is 77.0 Å². The quantitative estimate of drug-likeness (QED) is 0.165. The van der Waals surface area contributed by atoms with E-state index in [9.17, 15) is 0 Å². The minimum absolute atomic E-state index is 0. The van der Waals surface area contributed by atoms with Gasteiger partial charge in [-0.05, 0) is 88.5 Å². The van der Waals surface area contributed by atoms with E-state index in [2.05, 4.69) is 85.4 Å². The average Bonchev–Trinajstić information content (AvgIpc) is 2.77. The van der Waals surface area contributed by atoms with Crippen molar-refractivity contribution in [3.8, 4) is 0 Å². The molecule has 1 aromatic carbocycles. The molecule has 180 valence electrons. The molecule has 0 bridgehead atoms. The van der Waals surface area contributed by atoms with E-state index >= 15 is 0 Å². The van der Waals surface area contributed by atoms with Gasteiger partial charge in [-0.3, -0.25) is 4.99 Å². The first kappa shape index (κ1) is 34.4. The maximum atomic E-state index is 4.19. The zero-order valence-corrected chi connectivity index (χ0v) is 22.5. The molecule has 0 spiro atoms. The third-order valence-electron chi connectivity index (χ3n) is 4.75. The molecule has 31 heavy (non-hydrogen) atoms. The largest absolute Gasteiger partial charge is 0.317 e. The Bertz CT molecular complexity index is 636. The van der Waals surface area contributed by atoms with Gasteiger partial charge in [0.05, 0.1) is 0 Å². The van der Waals surface area contributed by atoms with Crippen LogP contribution in [0.3, 0.4) is 0 Å². The van der Waals surface area contributed by atoms with Crippen molar-refractivity contribution in [3.63, 3.8) is 0 Å². The Morgan fingerprint density at radius 3 is 2.19 bits per heavy atom. The van der Waals surface area contributed by atoms with Crippen LogP contribution < -0.4 is 5.32 Å². The van der Waals surface area contributed by atoms with Crippen LogP contribution in [0.4, 0.5) is 0 Å². The van der Waals surface area contributed by atoms with Crippen molar-refractivity contribution in [2.24, 2.45) is 4.99 Å². The fraction of sp³-hybridized carbons (Fsp3) is 0.607. The van der Waals surface area contributed by atoms with Crippen LogP contribution in [-0.4, -0.2) is 32.5 Å². The predicted octanol–water partition coefficient (Wildman–Crippen LogP) is 8.44. The predicted molar refractivity (Wildman–Crippen MR) is 152 cm³/mol. The minimum atomic E-state index is 0. The van der Waals surface area contributed by atoms with Gasteiger partial charge < -0.3 is 5.32 Å². The summed E-state index contributed by atoms with van der Waals surface area (Å²) in [5.74, 6) is 0. The fourth-order valence-corrected chi connectivity index (χ4v) is 3.09. The molecule has 1 aromatic rings. The van der Waals surface area contributed by atoms with Crippen molar-refractivity contribution in [2.75, 3.05) is 26.3 Å². The molecule has 1 N–H and O–H groups in total. The zero-order valence-electron chi connectivity index (χ0n) is 21.4. The summed E-state index contributed by atoms with van der Waals surface area (Å²) < 4.78 is 0. The smallest absolute Gasteiger partial charge is 0.0284 e. The third-order valence-corrected chi connectivity index (χ3v) is 5.16. The van der Waals surface area contributed by atoms with Crippen LogP contribution in [0, 0.1) is 13.8 Å². The summed E-state index contributed by atoms with van der Waals surface area (Å²) in [6, 6.07) is 6.64. The Morgan fingerprint density at radius 1 is 1.10 bits per heavy atom. The Balaban J connectivity index is -0.000000555. The normalized spacial score (nSPS) is 11.6. The van der Waals surface area contributed by atoms with Crippen molar-refractivity contribution in [1.82, 2.24) is 5.32 Å². The molecule has 0 saturated carbocycles. The molecule has 1 rings (SSSR count). The lowest BCUT2D eigenvalue weighted by Gasteiger charge is -2.16. The summed E-state index contributed by atoms with van der Waals surface area (Å²) in [4.78, 5) is 4.19. The second-order valence-corrected chi connectivity index (χ2v) is 7.78. The maximum Gasteiger partial charge on any atom is 0.0284 e. The van der Waals surface area contributed by atoms with Crippen LogP contribution in [0.15, 0.2) is 40.4 Å². The highest BCUT2D eigenvalue weighted by molar-refractivity contribution is 7.16. The summed E-state index contributed by atoms with van der Waals surface area (Å²) in [5.41, 5.74) is 7.88. The summed E-state index contributed by atoms with van der Waals surface area (Å²) in [7, 11) is 4.56. The van der Waals surface area contributed by atoms with Crippen LogP contribution in [0.25, 0.3) is 5.57 Å². The Hall–Kier alpha value is -1.24. The molecule has 0 amide bonds. The number of nitrogens with one attached hydrogen (secondary N) is 1. The molecule has 0 fully saturated rings. The zero-order chi connectivity index (χ0) is 23.4. The van der Waals surface area contributed by atoms with Gasteiger partial charge >= 0.3 is 0 Å². The van der Waals surface area contributed by atoms with Gasteiger partial charge in [-0.2, -0.15) is 0 Å². The second-order valence-electron chi connectivity index (χ2n) is 7.20. The first-order valence-corrected chi connectivity index (χ1v) is 12.5. The van der Waals surface area contributed by atoms with Gasteiger partial charge in [-0.25, -0.2) is 0 Å². The first-order chi connectivity index (χ1) is 14.5. The summed E-state index contributed by atoms with van der Waals surface area (Å²) in [6.07, 6.45) is 10.3. The van der Waals surface area contributed by atoms with Crippen LogP contribution in [-0.2, 0) is 0 Å². The molecule has 0 aliphatic carbocycles. The van der Waals surface area contributed by atoms with E-state index in [4.69, 9.17) is 0 Å². The fourth-order valence-electron chi connectivity index (χ4n) is 2.89. The van der Waals surface area contributed by atoms with E-state index in [1.165, 1.54) is 71.9 Å². The standard InChI is InChI=1S/C18H25N.C7H18NP.C2H6.CH4/c1-7-14(4)18(16(8-2)12-19-6)17-11-13(3)9-10-15(17)5;1-2-3-5-8-6-4-7-9;1-2;/h8-12H,7H2,1-6H3;8H,2-7,9H2,1H3;1-2H3;1H4/b16-8+,18-14?,19-12?;;;. The summed E-state index contributed by atoms with van der Waals surface area (Å²) in [6.45, 7) is 19.4. The number of benzene rings is 1. The van der Waals surface area contributed by atoms with E-state index in [-0.39, 0.29) is 7.43 Å². The van der Waals surface area contributed by atoms with E-state index < -0.39 is 0 Å². The average molecular weight is 449 g/mol. The summed E-state index contributed by atoms with van der Waals surface area (Å²) >= 11 is 0. The number of aryl methyl sites for hydroxylation is 2. The van der Waals surface area contributed by atoms with Gasteiger partial charge in [0.2, 0.25) is 0 Å². The SMILES string of the molecule is C.C/C=C(\C=NC)C(=C(C)CC)c1cc(C)ccc1C.CC.CCCCNCCCP. The van der Waals surface area contributed by atoms with E-state index in [1.807, 2.05) is 27.1 Å². The lowest BCUT2D eigenvalue weighted by Crippen LogP contribution is -2.16. The number of nitrogens with zero attached hydrogens (tertiary/aromatic N) is 1. The topological polar surface area (TPSA) is 24.4 Å². The summed E-state index contributed by atoms with van der Waals surface area (Å²) in [5, 5.41) is 3.37. The molecule has 0 saturated heterocycles. The van der Waals surface area contributed by atoms with Crippen LogP contribution in [0.5, 0.6) is 0 Å². The van der Waals surface area contributed by atoms with Gasteiger partial charge in [0.25, 0.3) is 0 Å². The molecular weight excluding hydrogens is 395 g/mol. The van der Waals surface area contributed by atoms with Gasteiger partial charge in [-0.15, -0.1) is 9.24 Å². The van der Waals surface area contributed by atoms with E-state index in [1.54, 1.807) is 0 Å². The number of hydrogen-bond acceptors (Lipinski definition) is 2. The Kier molecular flexibility index (Phi) is 26.0. The molecule has 0 radical (unpaired) electrons. The molecule has 1 unspecified atom stereocenters. The Labute approximate surface area is 198 Å². The van der Waals surface area contributed by atoms with Crippen LogP contribution in [0.2, 0.25) is 0 Å².